The van der Waals surface area contributed by atoms with Gasteiger partial charge in [0.25, 0.3) is 0 Å². The number of rotatable bonds is 3. The van der Waals surface area contributed by atoms with Crippen LogP contribution in [0.25, 0.3) is 0 Å². The largest absolute Gasteiger partial charge is 0.417 e. The summed E-state index contributed by atoms with van der Waals surface area (Å²) in [6.07, 6.45) is -0.699. The quantitative estimate of drug-likeness (QED) is 0.825. The van der Waals surface area contributed by atoms with Crippen LogP contribution in [0.15, 0.2) is 42.5 Å². The molecule has 1 N–H and O–H groups in total. The van der Waals surface area contributed by atoms with Crippen molar-refractivity contribution in [2.45, 2.75) is 6.92 Å². The van der Waals surface area contributed by atoms with Crippen LogP contribution in [0.4, 0.5) is 10.5 Å². The van der Waals surface area contributed by atoms with Gasteiger partial charge in [0.2, 0.25) is 0 Å². The maximum Gasteiger partial charge on any atom is 0.417 e. The lowest BCUT2D eigenvalue weighted by Crippen LogP contribution is -2.17. The number of halogens is 2. The zero-order valence-corrected chi connectivity index (χ0v) is 12.5. The van der Waals surface area contributed by atoms with E-state index in [0.29, 0.717) is 22.0 Å². The van der Waals surface area contributed by atoms with Crippen molar-refractivity contribution >= 4 is 40.8 Å². The van der Waals surface area contributed by atoms with Gasteiger partial charge in [0, 0.05) is 5.56 Å². The highest BCUT2D eigenvalue weighted by Crippen LogP contribution is 2.29. The summed E-state index contributed by atoms with van der Waals surface area (Å²) in [5, 5.41) is 3.06. The standard InChI is InChI=1S/C15H11Cl2NO3/c1-9(19)10-5-7-11(8-6-10)21-15(20)18-13-4-2-3-12(16)14(13)17/h2-8H,1H3,(H,18,20). The SMILES string of the molecule is CC(=O)c1ccc(OC(=O)Nc2cccc(Cl)c2Cl)cc1. The minimum absolute atomic E-state index is 0.0586. The topological polar surface area (TPSA) is 55.4 Å². The minimum Gasteiger partial charge on any atom is -0.410 e. The molecule has 0 atom stereocenters. The van der Waals surface area contributed by atoms with E-state index in [1.807, 2.05) is 0 Å². The lowest BCUT2D eigenvalue weighted by molar-refractivity contribution is 0.101. The molecule has 0 aromatic heterocycles. The van der Waals surface area contributed by atoms with Gasteiger partial charge in [-0.05, 0) is 43.3 Å². The molecule has 108 valence electrons. The molecule has 0 saturated heterocycles. The number of carbonyl (C=O) groups is 2. The highest BCUT2D eigenvalue weighted by atomic mass is 35.5. The van der Waals surface area contributed by atoms with Crippen LogP contribution < -0.4 is 10.1 Å². The Balaban J connectivity index is 2.04. The van der Waals surface area contributed by atoms with Crippen LogP contribution in [0.1, 0.15) is 17.3 Å². The van der Waals surface area contributed by atoms with Crippen LogP contribution in [-0.2, 0) is 0 Å². The molecule has 21 heavy (non-hydrogen) atoms. The second-order valence-electron chi connectivity index (χ2n) is 4.20. The molecule has 0 fully saturated rings. The van der Waals surface area contributed by atoms with E-state index in [4.69, 9.17) is 27.9 Å². The van der Waals surface area contributed by atoms with E-state index < -0.39 is 6.09 Å². The molecule has 4 nitrogen and oxygen atoms in total. The molecule has 0 radical (unpaired) electrons. The second kappa shape index (κ2) is 6.61. The molecule has 0 aliphatic rings. The van der Waals surface area contributed by atoms with Crippen molar-refractivity contribution in [2.75, 3.05) is 5.32 Å². The van der Waals surface area contributed by atoms with Gasteiger partial charge in [-0.1, -0.05) is 29.3 Å². The molecule has 2 rings (SSSR count). The summed E-state index contributed by atoms with van der Waals surface area (Å²) in [6.45, 7) is 1.46. The van der Waals surface area contributed by atoms with Crippen LogP contribution in [0.3, 0.4) is 0 Å². The van der Waals surface area contributed by atoms with Gasteiger partial charge in [0.05, 0.1) is 15.7 Å². The Morgan fingerprint density at radius 3 is 2.33 bits per heavy atom. The molecule has 0 aliphatic heterocycles. The highest BCUT2D eigenvalue weighted by molar-refractivity contribution is 6.43. The van der Waals surface area contributed by atoms with Crippen molar-refractivity contribution < 1.29 is 14.3 Å². The molecule has 0 spiro atoms. The molecule has 0 saturated carbocycles. The third-order valence-electron chi connectivity index (χ3n) is 2.66. The number of carbonyl (C=O) groups excluding carboxylic acids is 2. The number of hydrogen-bond donors (Lipinski definition) is 1. The maximum atomic E-state index is 11.8. The Morgan fingerprint density at radius 2 is 1.71 bits per heavy atom. The maximum absolute atomic E-state index is 11.8. The molecule has 2 aromatic rings. The van der Waals surface area contributed by atoms with E-state index in [1.54, 1.807) is 30.3 Å². The molecule has 0 unspecified atom stereocenters. The van der Waals surface area contributed by atoms with E-state index in [9.17, 15) is 9.59 Å². The van der Waals surface area contributed by atoms with Gasteiger partial charge in [-0.25, -0.2) is 4.79 Å². The van der Waals surface area contributed by atoms with Gasteiger partial charge in [-0.15, -0.1) is 0 Å². The first-order valence-corrected chi connectivity index (χ1v) is 6.77. The number of benzene rings is 2. The van der Waals surface area contributed by atoms with Crippen LogP contribution in [0, 0.1) is 0 Å². The van der Waals surface area contributed by atoms with Crippen molar-refractivity contribution in [1.29, 1.82) is 0 Å². The summed E-state index contributed by atoms with van der Waals surface area (Å²) in [7, 11) is 0. The van der Waals surface area contributed by atoms with Crippen LogP contribution in [0.5, 0.6) is 5.75 Å². The fourth-order valence-corrected chi connectivity index (χ4v) is 1.95. The Bertz CT molecular complexity index is 684. The second-order valence-corrected chi connectivity index (χ2v) is 4.98. The lowest BCUT2D eigenvalue weighted by Gasteiger charge is -2.09. The molecule has 6 heteroatoms. The molecule has 0 heterocycles. The minimum atomic E-state index is -0.699. The van der Waals surface area contributed by atoms with Crippen molar-refractivity contribution in [1.82, 2.24) is 0 Å². The van der Waals surface area contributed by atoms with E-state index in [2.05, 4.69) is 5.32 Å². The number of ketones is 1. The molecule has 1 amide bonds. The summed E-state index contributed by atoms with van der Waals surface area (Å²) in [5.74, 6) is 0.257. The average Bonchev–Trinajstić information content (AvgIpc) is 2.44. The number of anilines is 1. The van der Waals surface area contributed by atoms with Crippen LogP contribution in [0.2, 0.25) is 10.0 Å². The fourth-order valence-electron chi connectivity index (χ4n) is 1.60. The van der Waals surface area contributed by atoms with Crippen molar-refractivity contribution in [3.63, 3.8) is 0 Å². The molecule has 0 aliphatic carbocycles. The first-order chi connectivity index (χ1) is 9.97. The van der Waals surface area contributed by atoms with Gasteiger partial charge in [-0.3, -0.25) is 10.1 Å². The summed E-state index contributed by atoms with van der Waals surface area (Å²) >= 11 is 11.8. The third kappa shape index (κ3) is 3.97. The number of hydrogen-bond acceptors (Lipinski definition) is 3. The van der Waals surface area contributed by atoms with Gasteiger partial charge in [0.1, 0.15) is 5.75 Å². The van der Waals surface area contributed by atoms with Crippen molar-refractivity contribution in [3.8, 4) is 5.75 Å². The summed E-state index contributed by atoms with van der Waals surface area (Å²) in [4.78, 5) is 22.9. The predicted octanol–water partition coefficient (Wildman–Crippen LogP) is 4.81. The Labute approximate surface area is 131 Å². The van der Waals surface area contributed by atoms with Crippen LogP contribution >= 0.6 is 23.2 Å². The van der Waals surface area contributed by atoms with Gasteiger partial charge >= 0.3 is 6.09 Å². The Morgan fingerprint density at radius 1 is 1.05 bits per heavy atom. The first-order valence-electron chi connectivity index (χ1n) is 6.01. The van der Waals surface area contributed by atoms with Gasteiger partial charge < -0.3 is 4.74 Å². The Kier molecular flexibility index (Phi) is 4.83. The van der Waals surface area contributed by atoms with E-state index in [1.165, 1.54) is 19.1 Å². The highest BCUT2D eigenvalue weighted by Gasteiger charge is 2.10. The number of nitrogens with one attached hydrogen (secondary N) is 1. The van der Waals surface area contributed by atoms with Crippen molar-refractivity contribution in [3.05, 3.63) is 58.1 Å². The number of Topliss-reactive ketones (excluding diaryl/α,β-unsaturated/α-hetero) is 1. The van der Waals surface area contributed by atoms with E-state index in [0.717, 1.165) is 0 Å². The third-order valence-corrected chi connectivity index (χ3v) is 3.48. The average molecular weight is 324 g/mol. The molecule has 0 bridgehead atoms. The summed E-state index contributed by atoms with van der Waals surface area (Å²) < 4.78 is 5.08. The molecular weight excluding hydrogens is 313 g/mol. The van der Waals surface area contributed by atoms with Gasteiger partial charge in [-0.2, -0.15) is 0 Å². The monoisotopic (exact) mass is 323 g/mol. The lowest BCUT2D eigenvalue weighted by atomic mass is 10.1. The van der Waals surface area contributed by atoms with E-state index >= 15 is 0 Å². The zero-order chi connectivity index (χ0) is 15.4. The normalized spacial score (nSPS) is 10.0. The zero-order valence-electron chi connectivity index (χ0n) is 11.0. The number of ether oxygens (including phenoxy) is 1. The molecule has 2 aromatic carbocycles. The predicted molar refractivity (Wildman–Crippen MR) is 82.6 cm³/mol. The van der Waals surface area contributed by atoms with Crippen molar-refractivity contribution in [2.24, 2.45) is 0 Å². The van der Waals surface area contributed by atoms with E-state index in [-0.39, 0.29) is 10.8 Å². The van der Waals surface area contributed by atoms with Crippen LogP contribution in [-0.4, -0.2) is 11.9 Å². The Hall–Kier alpha value is -2.04. The summed E-state index contributed by atoms with van der Waals surface area (Å²) in [6, 6.07) is 11.1. The summed E-state index contributed by atoms with van der Waals surface area (Å²) in [5.41, 5.74) is 0.898. The number of amides is 1. The first kappa shape index (κ1) is 15.4. The molecular formula is C15H11Cl2NO3. The van der Waals surface area contributed by atoms with Gasteiger partial charge in [0.15, 0.2) is 5.78 Å². The fraction of sp³-hybridized carbons (Fsp3) is 0.0667. The smallest absolute Gasteiger partial charge is 0.410 e.